The third-order valence-electron chi connectivity index (χ3n) is 5.27. The number of likely N-dealkylation sites (tertiary alicyclic amines) is 1. The number of unbranched alkanes of at least 4 members (excludes halogenated alkanes) is 2. The molecule has 1 N–H and O–H groups in total. The van der Waals surface area contributed by atoms with Crippen molar-refractivity contribution in [3.05, 3.63) is 24.3 Å². The molecule has 1 aliphatic rings. The number of nitrogens with zero attached hydrogens (tertiary/aromatic N) is 1. The molecule has 0 spiro atoms. The number of aliphatic carboxylic acids is 1. The molecule has 0 saturated carbocycles. The van der Waals surface area contributed by atoms with Gasteiger partial charge in [-0.05, 0) is 57.0 Å². The lowest BCUT2D eigenvalue weighted by Gasteiger charge is -2.38. The zero-order chi connectivity index (χ0) is 20.6. The molecule has 7 heteroatoms. The molecule has 6 nitrogen and oxygen atoms in total. The molecular weight excluding hydrogens is 378 g/mol. The largest absolute Gasteiger partial charge is 0.481 e. The number of carboxylic acids is 1. The number of hydrogen-bond donors (Lipinski definition) is 1. The molecule has 1 saturated heterocycles. The van der Waals surface area contributed by atoms with E-state index in [0.717, 1.165) is 25.8 Å². The lowest BCUT2D eigenvalue weighted by molar-refractivity contribution is -0.141. The fourth-order valence-corrected chi connectivity index (χ4v) is 5.35. The number of sulfone groups is 1. The summed E-state index contributed by atoms with van der Waals surface area (Å²) in [5.41, 5.74) is 0. The van der Waals surface area contributed by atoms with E-state index in [0.29, 0.717) is 18.8 Å². The van der Waals surface area contributed by atoms with E-state index >= 15 is 0 Å². The van der Waals surface area contributed by atoms with Crippen LogP contribution in [0.1, 0.15) is 46.0 Å². The second kappa shape index (κ2) is 9.94. The van der Waals surface area contributed by atoms with Gasteiger partial charge < -0.3 is 14.7 Å². The van der Waals surface area contributed by atoms with Crippen LogP contribution in [0.15, 0.2) is 29.2 Å². The molecule has 1 heterocycles. The summed E-state index contributed by atoms with van der Waals surface area (Å²) in [5, 5.41) is 9.85. The Hall–Kier alpha value is -2.04. The van der Waals surface area contributed by atoms with Gasteiger partial charge in [-0.2, -0.15) is 0 Å². The van der Waals surface area contributed by atoms with Gasteiger partial charge >= 0.3 is 5.97 Å². The van der Waals surface area contributed by atoms with Gasteiger partial charge in [0.2, 0.25) is 0 Å². The van der Waals surface area contributed by atoms with E-state index in [9.17, 15) is 18.3 Å². The molecule has 0 radical (unpaired) electrons. The third-order valence-corrected chi connectivity index (χ3v) is 7.77. The van der Waals surface area contributed by atoms with Gasteiger partial charge in [0, 0.05) is 13.1 Å². The molecule has 1 fully saturated rings. The standard InChI is InChI=1S/C21H29NO5S/c1-3-5-7-14-22-15-12-21(13-16-22,20(23)24)28(25,26)19-10-8-18(9-11-19)27-17-6-4-2/h8-11H,3,5,7,12-17H2,1-2H3,(H,23,24). The number of carboxylic acid groups (broad SMARTS) is 1. The Bertz CT molecular complexity index is 813. The Kier molecular flexibility index (Phi) is 7.90. The minimum Gasteiger partial charge on any atom is -0.481 e. The van der Waals surface area contributed by atoms with E-state index in [2.05, 4.69) is 23.7 Å². The van der Waals surface area contributed by atoms with Crippen molar-refractivity contribution in [3.8, 4) is 17.6 Å². The van der Waals surface area contributed by atoms with Crippen molar-refractivity contribution in [3.63, 3.8) is 0 Å². The minimum absolute atomic E-state index is 0.0169. The maximum atomic E-state index is 13.2. The first-order chi connectivity index (χ1) is 13.4. The molecule has 0 unspecified atom stereocenters. The van der Waals surface area contributed by atoms with Crippen LogP contribution >= 0.6 is 0 Å². The monoisotopic (exact) mass is 407 g/mol. The quantitative estimate of drug-likeness (QED) is 0.500. The Morgan fingerprint density at radius 1 is 1.21 bits per heavy atom. The number of hydrogen-bond acceptors (Lipinski definition) is 5. The lowest BCUT2D eigenvalue weighted by atomic mass is 9.95. The van der Waals surface area contributed by atoms with E-state index in [1.165, 1.54) is 12.1 Å². The normalized spacial score (nSPS) is 16.8. The lowest BCUT2D eigenvalue weighted by Crippen LogP contribution is -2.54. The second-order valence-electron chi connectivity index (χ2n) is 7.04. The van der Waals surface area contributed by atoms with E-state index < -0.39 is 20.6 Å². The van der Waals surface area contributed by atoms with Gasteiger partial charge in [0.25, 0.3) is 0 Å². The predicted molar refractivity (Wildman–Crippen MR) is 108 cm³/mol. The van der Waals surface area contributed by atoms with Crippen LogP contribution in [0.2, 0.25) is 0 Å². The molecule has 154 valence electrons. The molecule has 28 heavy (non-hydrogen) atoms. The minimum atomic E-state index is -4.02. The maximum absolute atomic E-state index is 13.2. The molecule has 1 aromatic rings. The van der Waals surface area contributed by atoms with Gasteiger partial charge in [0.05, 0.1) is 4.90 Å². The first-order valence-electron chi connectivity index (χ1n) is 9.70. The molecule has 0 bridgehead atoms. The molecule has 0 aliphatic carbocycles. The average molecular weight is 408 g/mol. The maximum Gasteiger partial charge on any atom is 0.325 e. The van der Waals surface area contributed by atoms with E-state index in [1.807, 2.05) is 0 Å². The van der Waals surface area contributed by atoms with Gasteiger partial charge in [-0.25, -0.2) is 8.42 Å². The fraction of sp³-hybridized carbons (Fsp3) is 0.571. The summed E-state index contributed by atoms with van der Waals surface area (Å²) in [4.78, 5) is 14.2. The Balaban J connectivity index is 2.16. The molecule has 0 atom stereocenters. The summed E-state index contributed by atoms with van der Waals surface area (Å²) >= 11 is 0. The third kappa shape index (κ3) is 4.86. The first-order valence-corrected chi connectivity index (χ1v) is 11.2. The van der Waals surface area contributed by atoms with Crippen LogP contribution in [-0.2, 0) is 14.6 Å². The highest BCUT2D eigenvalue weighted by Crippen LogP contribution is 2.36. The van der Waals surface area contributed by atoms with Crippen molar-refractivity contribution in [1.29, 1.82) is 0 Å². The van der Waals surface area contributed by atoms with Crippen molar-refractivity contribution in [2.75, 3.05) is 26.2 Å². The molecular formula is C21H29NO5S. The van der Waals surface area contributed by atoms with Crippen molar-refractivity contribution in [1.82, 2.24) is 4.90 Å². The Morgan fingerprint density at radius 3 is 2.39 bits per heavy atom. The van der Waals surface area contributed by atoms with Gasteiger partial charge in [-0.15, -0.1) is 5.92 Å². The number of rotatable bonds is 9. The van der Waals surface area contributed by atoms with Crippen LogP contribution in [0.25, 0.3) is 0 Å². The smallest absolute Gasteiger partial charge is 0.325 e. The van der Waals surface area contributed by atoms with Gasteiger partial charge in [-0.3, -0.25) is 4.79 Å². The summed E-state index contributed by atoms with van der Waals surface area (Å²) in [5.74, 6) is 4.71. The van der Waals surface area contributed by atoms with E-state index in [1.54, 1.807) is 19.1 Å². The van der Waals surface area contributed by atoms with Crippen LogP contribution in [-0.4, -0.2) is 55.4 Å². The summed E-state index contributed by atoms with van der Waals surface area (Å²) in [6.07, 6.45) is 3.48. The fourth-order valence-electron chi connectivity index (χ4n) is 3.45. The van der Waals surface area contributed by atoms with Crippen LogP contribution in [0.5, 0.6) is 5.75 Å². The van der Waals surface area contributed by atoms with Crippen LogP contribution in [0.4, 0.5) is 0 Å². The predicted octanol–water partition coefficient (Wildman–Crippen LogP) is 2.97. The summed E-state index contributed by atoms with van der Waals surface area (Å²) in [6.45, 7) is 5.90. The van der Waals surface area contributed by atoms with Crippen LogP contribution < -0.4 is 4.74 Å². The number of piperidine rings is 1. The topological polar surface area (TPSA) is 83.9 Å². The molecule has 1 aromatic carbocycles. The van der Waals surface area contributed by atoms with Crippen molar-refractivity contribution in [2.45, 2.75) is 55.6 Å². The summed E-state index contributed by atoms with van der Waals surface area (Å²) in [6, 6.07) is 5.92. The highest BCUT2D eigenvalue weighted by molar-refractivity contribution is 7.93. The van der Waals surface area contributed by atoms with E-state index in [4.69, 9.17) is 4.74 Å². The Labute approximate surface area is 167 Å². The molecule has 2 rings (SSSR count). The second-order valence-corrected chi connectivity index (χ2v) is 9.30. The van der Waals surface area contributed by atoms with Crippen LogP contribution in [0.3, 0.4) is 0 Å². The highest BCUT2D eigenvalue weighted by atomic mass is 32.2. The zero-order valence-corrected chi connectivity index (χ0v) is 17.4. The molecule has 1 aliphatic heterocycles. The number of benzene rings is 1. The first kappa shape index (κ1) is 22.3. The molecule has 0 aromatic heterocycles. The van der Waals surface area contributed by atoms with Gasteiger partial charge in [0.1, 0.15) is 12.4 Å². The zero-order valence-electron chi connectivity index (χ0n) is 16.6. The average Bonchev–Trinajstić information content (AvgIpc) is 2.69. The van der Waals surface area contributed by atoms with Gasteiger partial charge in [0.15, 0.2) is 14.6 Å². The Morgan fingerprint density at radius 2 is 1.86 bits per heavy atom. The van der Waals surface area contributed by atoms with Crippen LogP contribution in [0, 0.1) is 11.8 Å². The molecule has 0 amide bonds. The van der Waals surface area contributed by atoms with Crippen molar-refractivity contribution >= 4 is 15.8 Å². The van der Waals surface area contributed by atoms with Gasteiger partial charge in [-0.1, -0.05) is 25.7 Å². The number of carbonyl (C=O) groups is 1. The SMILES string of the molecule is CC#CCOc1ccc(S(=O)(=O)C2(C(=O)O)CCN(CCCCC)CC2)cc1. The van der Waals surface area contributed by atoms with Crippen molar-refractivity contribution in [2.24, 2.45) is 0 Å². The number of ether oxygens (including phenoxy) is 1. The summed E-state index contributed by atoms with van der Waals surface area (Å²) in [7, 11) is -4.02. The highest BCUT2D eigenvalue weighted by Gasteiger charge is 2.53. The summed E-state index contributed by atoms with van der Waals surface area (Å²) < 4.78 is 30.1. The van der Waals surface area contributed by atoms with Crippen molar-refractivity contribution < 1.29 is 23.1 Å². The van der Waals surface area contributed by atoms with E-state index in [-0.39, 0.29) is 24.3 Å².